The average Bonchev–Trinajstić information content (AvgIpc) is 3.23. The van der Waals surface area contributed by atoms with E-state index < -0.39 is 0 Å². The molecule has 152 valence electrons. The van der Waals surface area contributed by atoms with Crippen molar-refractivity contribution in [1.82, 2.24) is 0 Å². The van der Waals surface area contributed by atoms with Gasteiger partial charge in [0.1, 0.15) is 11.5 Å². The molecule has 2 heterocycles. The zero-order valence-corrected chi connectivity index (χ0v) is 17.9. The van der Waals surface area contributed by atoms with Crippen molar-refractivity contribution in [2.45, 2.75) is 31.7 Å². The lowest BCUT2D eigenvalue weighted by atomic mass is 9.73. The van der Waals surface area contributed by atoms with Crippen molar-refractivity contribution in [3.05, 3.63) is 76.0 Å². The molecule has 30 heavy (non-hydrogen) atoms. The number of fused-ring (bicyclic) bond motifs is 2. The Kier molecular flexibility index (Phi) is 4.91. The number of carbonyl (C=O) groups excluding carboxylic acids is 1. The number of thiophene rings is 1. The Labute approximate surface area is 180 Å². The SMILES string of the molecule is COc1ccc([C@H]2CC(=O)[C@H]3C(=Nc4ccc(C)cc4N[C@H]3c3cccs3)C2)cc1. The predicted octanol–water partition coefficient (Wildman–Crippen LogP) is 6.07. The average molecular weight is 417 g/mol. The van der Waals surface area contributed by atoms with Crippen LogP contribution in [0, 0.1) is 12.8 Å². The first-order chi connectivity index (χ1) is 14.6. The fourth-order valence-electron chi connectivity index (χ4n) is 4.58. The maximum absolute atomic E-state index is 13.5. The highest BCUT2D eigenvalue weighted by atomic mass is 32.1. The van der Waals surface area contributed by atoms with Crippen molar-refractivity contribution in [3.63, 3.8) is 0 Å². The van der Waals surface area contributed by atoms with Crippen LogP contribution in [0.25, 0.3) is 0 Å². The summed E-state index contributed by atoms with van der Waals surface area (Å²) in [5.74, 6) is 1.01. The number of rotatable bonds is 3. The Morgan fingerprint density at radius 2 is 1.93 bits per heavy atom. The Hall–Kier alpha value is -2.92. The van der Waals surface area contributed by atoms with Crippen LogP contribution in [0.2, 0.25) is 0 Å². The van der Waals surface area contributed by atoms with Gasteiger partial charge in [0.05, 0.1) is 30.4 Å². The van der Waals surface area contributed by atoms with Crippen LogP contribution in [0.4, 0.5) is 11.4 Å². The van der Waals surface area contributed by atoms with Gasteiger partial charge in [0, 0.05) is 17.0 Å². The minimum Gasteiger partial charge on any atom is -0.497 e. The van der Waals surface area contributed by atoms with Crippen molar-refractivity contribution in [3.8, 4) is 5.75 Å². The molecule has 1 saturated carbocycles. The van der Waals surface area contributed by atoms with E-state index >= 15 is 0 Å². The molecule has 0 bridgehead atoms. The number of aliphatic imine (C=N–C) groups is 1. The Morgan fingerprint density at radius 1 is 1.10 bits per heavy atom. The van der Waals surface area contributed by atoms with Crippen LogP contribution in [0.15, 0.2) is 65.0 Å². The number of ketones is 1. The standard InChI is InChI=1S/C25H24N2O2S/c1-15-5-10-19-20(12-15)27-25(23-4-3-11-30-23)24-21(26-19)13-17(14-22(24)28)16-6-8-18(29-2)9-7-16/h3-12,17,24-25,27H,13-14H2,1-2H3/t17-,24-,25+/m1/s1. The molecule has 1 aliphatic heterocycles. The fraction of sp³-hybridized carbons (Fsp3) is 0.280. The normalized spacial score (nSPS) is 22.9. The Balaban J connectivity index is 1.56. The Morgan fingerprint density at radius 3 is 2.67 bits per heavy atom. The molecule has 1 aliphatic carbocycles. The molecule has 0 spiro atoms. The molecule has 0 amide bonds. The molecule has 1 fully saturated rings. The van der Waals surface area contributed by atoms with Crippen molar-refractivity contribution in [2.75, 3.05) is 12.4 Å². The van der Waals surface area contributed by atoms with Crippen molar-refractivity contribution in [2.24, 2.45) is 10.9 Å². The number of hydrogen-bond donors (Lipinski definition) is 1. The van der Waals surface area contributed by atoms with Crippen LogP contribution >= 0.6 is 11.3 Å². The molecule has 0 radical (unpaired) electrons. The smallest absolute Gasteiger partial charge is 0.144 e. The van der Waals surface area contributed by atoms with Gasteiger partial charge >= 0.3 is 0 Å². The first-order valence-corrected chi connectivity index (χ1v) is 11.1. The van der Waals surface area contributed by atoms with Crippen molar-refractivity contribution < 1.29 is 9.53 Å². The summed E-state index contributed by atoms with van der Waals surface area (Å²) < 4.78 is 5.29. The maximum Gasteiger partial charge on any atom is 0.144 e. The molecule has 5 heteroatoms. The van der Waals surface area contributed by atoms with Crippen molar-refractivity contribution >= 4 is 34.2 Å². The topological polar surface area (TPSA) is 50.7 Å². The van der Waals surface area contributed by atoms with E-state index in [4.69, 9.17) is 9.73 Å². The summed E-state index contributed by atoms with van der Waals surface area (Å²) in [4.78, 5) is 19.7. The molecule has 0 unspecified atom stereocenters. The van der Waals surface area contributed by atoms with Crippen LogP contribution < -0.4 is 10.1 Å². The second kappa shape index (κ2) is 7.73. The highest BCUT2D eigenvalue weighted by Crippen LogP contribution is 2.45. The summed E-state index contributed by atoms with van der Waals surface area (Å²) >= 11 is 1.69. The number of carbonyl (C=O) groups is 1. The first-order valence-electron chi connectivity index (χ1n) is 10.3. The third-order valence-electron chi connectivity index (χ3n) is 6.11. The molecule has 1 aromatic heterocycles. The second-order valence-electron chi connectivity index (χ2n) is 8.08. The third-order valence-corrected chi connectivity index (χ3v) is 7.06. The van der Waals surface area contributed by atoms with Crippen LogP contribution in [0.5, 0.6) is 5.75 Å². The highest BCUT2D eigenvalue weighted by Gasteiger charge is 2.42. The van der Waals surface area contributed by atoms with Gasteiger partial charge in [0.15, 0.2) is 0 Å². The summed E-state index contributed by atoms with van der Waals surface area (Å²) in [6.07, 6.45) is 1.33. The van der Waals surface area contributed by atoms with E-state index in [9.17, 15) is 4.79 Å². The molecule has 2 aliphatic rings. The molecule has 0 saturated heterocycles. The predicted molar refractivity (Wildman–Crippen MR) is 122 cm³/mol. The minimum absolute atomic E-state index is 0.0730. The number of ether oxygens (including phenoxy) is 1. The number of methoxy groups -OCH3 is 1. The summed E-state index contributed by atoms with van der Waals surface area (Å²) in [5.41, 5.74) is 5.26. The minimum atomic E-state index is -0.231. The number of hydrogen-bond acceptors (Lipinski definition) is 5. The monoisotopic (exact) mass is 416 g/mol. The van der Waals surface area contributed by atoms with Crippen LogP contribution in [0.1, 0.15) is 40.8 Å². The van der Waals surface area contributed by atoms with Crippen LogP contribution in [-0.4, -0.2) is 18.6 Å². The molecular weight excluding hydrogens is 392 g/mol. The van der Waals surface area contributed by atoms with Crippen molar-refractivity contribution in [1.29, 1.82) is 0 Å². The van der Waals surface area contributed by atoms with Gasteiger partial charge in [0.25, 0.3) is 0 Å². The number of aryl methyl sites for hydroxylation is 1. The lowest BCUT2D eigenvalue weighted by Crippen LogP contribution is -2.38. The number of nitrogens with one attached hydrogen (secondary N) is 1. The van der Waals surface area contributed by atoms with E-state index in [1.807, 2.05) is 18.2 Å². The van der Waals surface area contributed by atoms with E-state index in [0.29, 0.717) is 6.42 Å². The zero-order valence-electron chi connectivity index (χ0n) is 17.1. The van der Waals surface area contributed by atoms with E-state index in [0.717, 1.165) is 29.3 Å². The lowest BCUT2D eigenvalue weighted by Gasteiger charge is -2.33. The molecule has 2 aromatic carbocycles. The molecule has 3 atom stereocenters. The zero-order chi connectivity index (χ0) is 20.7. The number of anilines is 1. The van der Waals surface area contributed by atoms with Gasteiger partial charge in [0.2, 0.25) is 0 Å². The molecule has 5 rings (SSSR count). The van der Waals surface area contributed by atoms with E-state index in [1.165, 1.54) is 16.0 Å². The molecule has 3 aromatic rings. The second-order valence-corrected chi connectivity index (χ2v) is 9.06. The third kappa shape index (κ3) is 3.43. The fourth-order valence-corrected chi connectivity index (χ4v) is 5.40. The summed E-state index contributed by atoms with van der Waals surface area (Å²) in [7, 11) is 1.67. The highest BCUT2D eigenvalue weighted by molar-refractivity contribution is 7.10. The number of Topliss-reactive ketones (excluding diaryl/α,β-unsaturated/α-hetero) is 1. The maximum atomic E-state index is 13.5. The number of benzene rings is 2. The van der Waals surface area contributed by atoms with Gasteiger partial charge < -0.3 is 10.1 Å². The molecular formula is C25H24N2O2S. The van der Waals surface area contributed by atoms with Gasteiger partial charge in [-0.05, 0) is 66.1 Å². The molecule has 4 nitrogen and oxygen atoms in total. The summed E-state index contributed by atoms with van der Waals surface area (Å²) in [6.45, 7) is 2.08. The van der Waals surface area contributed by atoms with E-state index in [2.05, 4.69) is 54.0 Å². The first kappa shape index (κ1) is 19.1. The van der Waals surface area contributed by atoms with Crippen LogP contribution in [0.3, 0.4) is 0 Å². The van der Waals surface area contributed by atoms with Gasteiger partial charge in [-0.15, -0.1) is 11.3 Å². The molecule has 1 N–H and O–H groups in total. The van der Waals surface area contributed by atoms with Gasteiger partial charge in [-0.2, -0.15) is 0 Å². The van der Waals surface area contributed by atoms with E-state index in [1.54, 1.807) is 18.4 Å². The van der Waals surface area contributed by atoms with Crippen LogP contribution in [-0.2, 0) is 4.79 Å². The van der Waals surface area contributed by atoms with Gasteiger partial charge in [-0.3, -0.25) is 9.79 Å². The largest absolute Gasteiger partial charge is 0.497 e. The quantitative estimate of drug-likeness (QED) is 0.564. The Bertz CT molecular complexity index is 1100. The van der Waals surface area contributed by atoms with Gasteiger partial charge in [-0.25, -0.2) is 0 Å². The number of nitrogens with zero attached hydrogens (tertiary/aromatic N) is 1. The lowest BCUT2D eigenvalue weighted by molar-refractivity contribution is -0.122. The summed E-state index contributed by atoms with van der Waals surface area (Å²) in [6, 6.07) is 18.4. The van der Waals surface area contributed by atoms with E-state index in [-0.39, 0.29) is 23.7 Å². The van der Waals surface area contributed by atoms with Gasteiger partial charge in [-0.1, -0.05) is 24.3 Å². The summed E-state index contributed by atoms with van der Waals surface area (Å²) in [5, 5.41) is 5.73.